The number of nitrogens with zero attached hydrogens (tertiary/aromatic N) is 1. The second-order valence-electron chi connectivity index (χ2n) is 8.44. The van der Waals surface area contributed by atoms with Crippen LogP contribution in [0.2, 0.25) is 5.15 Å². The van der Waals surface area contributed by atoms with Crippen molar-refractivity contribution < 1.29 is 14.3 Å². The number of halogens is 1. The SMILES string of the molecule is Cc1cc(C)c(C(=O)OCC(=O)C23CC4CC(CC(C4)C2)C3)c(Cl)n1. The van der Waals surface area contributed by atoms with Crippen molar-refractivity contribution in [3.8, 4) is 0 Å². The smallest absolute Gasteiger partial charge is 0.341 e. The van der Waals surface area contributed by atoms with Gasteiger partial charge in [-0.25, -0.2) is 9.78 Å². The highest BCUT2D eigenvalue weighted by Crippen LogP contribution is 2.60. The second kappa shape index (κ2) is 6.08. The molecule has 134 valence electrons. The molecule has 0 saturated heterocycles. The molecule has 0 aliphatic heterocycles. The van der Waals surface area contributed by atoms with Crippen LogP contribution in [0.1, 0.15) is 60.1 Å². The molecule has 1 heterocycles. The molecule has 25 heavy (non-hydrogen) atoms. The van der Waals surface area contributed by atoms with E-state index < -0.39 is 5.97 Å². The lowest BCUT2D eigenvalue weighted by Crippen LogP contribution is -2.51. The van der Waals surface area contributed by atoms with Gasteiger partial charge in [-0.1, -0.05) is 11.6 Å². The Morgan fingerprint density at radius 1 is 1.16 bits per heavy atom. The number of carbonyl (C=O) groups is 2. The third-order valence-corrected chi connectivity index (χ3v) is 6.74. The molecule has 0 atom stereocenters. The molecular formula is C20H24ClNO3. The predicted octanol–water partition coefficient (Wildman–Crippen LogP) is 4.29. The molecule has 4 aliphatic rings. The van der Waals surface area contributed by atoms with Gasteiger partial charge < -0.3 is 4.74 Å². The van der Waals surface area contributed by atoms with Crippen molar-refractivity contribution >= 4 is 23.4 Å². The van der Waals surface area contributed by atoms with Crippen LogP contribution in [0.4, 0.5) is 0 Å². The van der Waals surface area contributed by atoms with Gasteiger partial charge in [-0.2, -0.15) is 0 Å². The van der Waals surface area contributed by atoms with Gasteiger partial charge >= 0.3 is 5.97 Å². The molecule has 5 rings (SSSR count). The molecule has 4 aliphatic carbocycles. The molecule has 4 fully saturated rings. The van der Waals surface area contributed by atoms with Gasteiger partial charge in [0.15, 0.2) is 12.4 Å². The lowest BCUT2D eigenvalue weighted by Gasteiger charge is -2.55. The van der Waals surface area contributed by atoms with Crippen LogP contribution in [0.5, 0.6) is 0 Å². The molecular weight excluding hydrogens is 338 g/mol. The first-order chi connectivity index (χ1) is 11.9. The quantitative estimate of drug-likeness (QED) is 0.592. The Kier molecular flexibility index (Phi) is 4.14. The first-order valence-electron chi connectivity index (χ1n) is 9.20. The third kappa shape index (κ3) is 2.99. The molecule has 0 amide bonds. The van der Waals surface area contributed by atoms with Crippen molar-refractivity contribution in [1.29, 1.82) is 0 Å². The number of aromatic nitrogens is 1. The molecule has 0 radical (unpaired) electrons. The summed E-state index contributed by atoms with van der Waals surface area (Å²) in [6, 6.07) is 1.80. The van der Waals surface area contributed by atoms with Crippen LogP contribution < -0.4 is 0 Å². The molecule has 5 heteroatoms. The average Bonchev–Trinajstić information content (AvgIpc) is 2.50. The molecule has 0 spiro atoms. The zero-order valence-electron chi connectivity index (χ0n) is 14.8. The lowest BCUT2D eigenvalue weighted by molar-refractivity contribution is -0.147. The predicted molar refractivity (Wildman–Crippen MR) is 94.6 cm³/mol. The van der Waals surface area contributed by atoms with Crippen molar-refractivity contribution in [3.05, 3.63) is 28.0 Å². The normalized spacial score (nSPS) is 32.7. The average molecular weight is 362 g/mol. The van der Waals surface area contributed by atoms with Crippen LogP contribution >= 0.6 is 11.6 Å². The monoisotopic (exact) mass is 361 g/mol. The molecule has 0 unspecified atom stereocenters. The van der Waals surface area contributed by atoms with E-state index >= 15 is 0 Å². The highest BCUT2D eigenvalue weighted by molar-refractivity contribution is 6.32. The van der Waals surface area contributed by atoms with E-state index in [1.165, 1.54) is 19.3 Å². The van der Waals surface area contributed by atoms with E-state index in [1.54, 1.807) is 13.0 Å². The number of aryl methyl sites for hydroxylation is 2. The summed E-state index contributed by atoms with van der Waals surface area (Å²) in [5.74, 6) is 1.65. The summed E-state index contributed by atoms with van der Waals surface area (Å²) in [6.07, 6.45) is 6.83. The van der Waals surface area contributed by atoms with E-state index in [9.17, 15) is 9.59 Å². The molecule has 4 nitrogen and oxygen atoms in total. The summed E-state index contributed by atoms with van der Waals surface area (Å²) in [5.41, 5.74) is 1.51. The Morgan fingerprint density at radius 3 is 2.24 bits per heavy atom. The molecule has 0 aromatic carbocycles. The fourth-order valence-corrected chi connectivity index (χ4v) is 6.20. The van der Waals surface area contributed by atoms with Crippen molar-refractivity contribution in [2.45, 2.75) is 52.4 Å². The highest BCUT2D eigenvalue weighted by Gasteiger charge is 2.54. The van der Waals surface area contributed by atoms with Crippen LogP contribution in [-0.2, 0) is 9.53 Å². The van der Waals surface area contributed by atoms with Crippen LogP contribution in [0.25, 0.3) is 0 Å². The summed E-state index contributed by atoms with van der Waals surface area (Å²) >= 11 is 6.10. The number of ether oxygens (including phenoxy) is 1. The first kappa shape index (κ1) is 17.0. The lowest BCUT2D eigenvalue weighted by atomic mass is 9.48. The van der Waals surface area contributed by atoms with Gasteiger partial charge in [0.2, 0.25) is 0 Å². The Hall–Kier alpha value is -1.42. The number of pyridine rings is 1. The van der Waals surface area contributed by atoms with Gasteiger partial charge in [-0.05, 0) is 81.8 Å². The minimum absolute atomic E-state index is 0.105. The van der Waals surface area contributed by atoms with Gasteiger partial charge in [-0.15, -0.1) is 0 Å². The summed E-state index contributed by atoms with van der Waals surface area (Å²) in [4.78, 5) is 29.5. The zero-order valence-corrected chi connectivity index (χ0v) is 15.6. The van der Waals surface area contributed by atoms with E-state index in [0.29, 0.717) is 17.8 Å². The van der Waals surface area contributed by atoms with Crippen LogP contribution in [0.15, 0.2) is 6.07 Å². The van der Waals surface area contributed by atoms with Crippen LogP contribution in [-0.4, -0.2) is 23.3 Å². The van der Waals surface area contributed by atoms with E-state index in [4.69, 9.17) is 16.3 Å². The summed E-state index contributed by atoms with van der Waals surface area (Å²) < 4.78 is 5.37. The Bertz CT molecular complexity index is 684. The number of hydrogen-bond donors (Lipinski definition) is 0. The number of ketones is 1. The number of rotatable bonds is 4. The van der Waals surface area contributed by atoms with E-state index in [2.05, 4.69) is 4.98 Å². The maximum Gasteiger partial charge on any atom is 0.341 e. The zero-order chi connectivity index (χ0) is 17.8. The Morgan fingerprint density at radius 2 is 1.72 bits per heavy atom. The van der Waals surface area contributed by atoms with E-state index in [1.807, 2.05) is 6.92 Å². The van der Waals surface area contributed by atoms with Gasteiger partial charge in [0.1, 0.15) is 5.15 Å². The maximum absolute atomic E-state index is 12.9. The standard InChI is InChI=1S/C20H24ClNO3/c1-11-3-12(2)22-18(21)17(11)19(24)25-10-16(23)20-7-13-4-14(8-20)6-15(5-13)9-20/h3,13-15H,4-10H2,1-2H3. The minimum Gasteiger partial charge on any atom is -0.454 e. The van der Waals surface area contributed by atoms with Gasteiger partial charge in [0.25, 0.3) is 0 Å². The summed E-state index contributed by atoms with van der Waals surface area (Å²) in [6.45, 7) is 3.48. The largest absolute Gasteiger partial charge is 0.454 e. The van der Waals surface area contributed by atoms with E-state index in [0.717, 1.165) is 30.5 Å². The van der Waals surface area contributed by atoms with Crippen LogP contribution in [0, 0.1) is 37.0 Å². The van der Waals surface area contributed by atoms with Crippen LogP contribution in [0.3, 0.4) is 0 Å². The number of Topliss-reactive ketones (excluding diaryl/α,β-unsaturated/α-hetero) is 1. The number of esters is 1. The van der Waals surface area contributed by atoms with E-state index in [-0.39, 0.29) is 28.5 Å². The molecule has 0 N–H and O–H groups in total. The Balaban J connectivity index is 1.45. The van der Waals surface area contributed by atoms with Crippen molar-refractivity contribution in [1.82, 2.24) is 4.98 Å². The second-order valence-corrected chi connectivity index (χ2v) is 8.80. The third-order valence-electron chi connectivity index (χ3n) is 6.47. The van der Waals surface area contributed by atoms with Crippen molar-refractivity contribution in [3.63, 3.8) is 0 Å². The minimum atomic E-state index is -0.548. The van der Waals surface area contributed by atoms with Gasteiger partial charge in [-0.3, -0.25) is 4.79 Å². The fraction of sp³-hybridized carbons (Fsp3) is 0.650. The highest BCUT2D eigenvalue weighted by atomic mass is 35.5. The maximum atomic E-state index is 12.9. The molecule has 1 aromatic rings. The molecule has 4 saturated carbocycles. The number of carbonyl (C=O) groups excluding carboxylic acids is 2. The Labute approximate surface area is 153 Å². The van der Waals surface area contributed by atoms with Gasteiger partial charge in [0, 0.05) is 11.1 Å². The summed E-state index contributed by atoms with van der Waals surface area (Å²) in [7, 11) is 0. The molecule has 1 aromatic heterocycles. The first-order valence-corrected chi connectivity index (χ1v) is 9.58. The van der Waals surface area contributed by atoms with Crippen molar-refractivity contribution in [2.24, 2.45) is 23.2 Å². The number of hydrogen-bond acceptors (Lipinski definition) is 4. The molecule has 4 bridgehead atoms. The van der Waals surface area contributed by atoms with Gasteiger partial charge in [0.05, 0.1) is 5.56 Å². The summed E-state index contributed by atoms with van der Waals surface area (Å²) in [5, 5.41) is 0.143. The fourth-order valence-electron chi connectivity index (χ4n) is 5.84. The topological polar surface area (TPSA) is 56.3 Å². The van der Waals surface area contributed by atoms with Crippen molar-refractivity contribution in [2.75, 3.05) is 6.61 Å².